The molecule has 9 rings (SSSR count). The topological polar surface area (TPSA) is 197 Å². The van der Waals surface area contributed by atoms with E-state index in [0.717, 1.165) is 134 Å². The van der Waals surface area contributed by atoms with E-state index in [-0.39, 0.29) is 26.0 Å². The lowest BCUT2D eigenvalue weighted by molar-refractivity contribution is 0.0635. The van der Waals surface area contributed by atoms with Gasteiger partial charge in [0.2, 0.25) is 0 Å². The Morgan fingerprint density at radius 1 is 0.725 bits per heavy atom. The summed E-state index contributed by atoms with van der Waals surface area (Å²) in [4.78, 5) is 30.2. The Morgan fingerprint density at radius 2 is 1.23 bits per heavy atom. The highest BCUT2D eigenvalue weighted by Gasteiger charge is 2.28. The first-order valence-corrected chi connectivity index (χ1v) is 24.6. The van der Waals surface area contributed by atoms with Crippen molar-refractivity contribution >= 4 is 31.2 Å². The monoisotopic (exact) mass is 983 g/mol. The van der Waals surface area contributed by atoms with Gasteiger partial charge in [0, 0.05) is 110 Å². The highest BCUT2D eigenvalue weighted by molar-refractivity contribution is 7.59. The first kappa shape index (κ1) is 56.4. The van der Waals surface area contributed by atoms with Crippen LogP contribution in [0.4, 0.5) is 16.4 Å². The molecule has 0 spiro atoms. The molecule has 6 fully saturated rings. The van der Waals surface area contributed by atoms with E-state index in [1.807, 2.05) is 12.1 Å². The fourth-order valence-corrected chi connectivity index (χ4v) is 9.49. The van der Waals surface area contributed by atoms with E-state index in [1.54, 1.807) is 48.2 Å². The van der Waals surface area contributed by atoms with Gasteiger partial charge >= 0.3 is 6.09 Å². The van der Waals surface area contributed by atoms with E-state index in [0.29, 0.717) is 54.1 Å². The Balaban J connectivity index is 0.000000179. The zero-order valence-electron chi connectivity index (χ0n) is 42.3. The molecule has 3 aromatic rings. The number of aliphatic hydroxyl groups excluding tert-OH is 1. The van der Waals surface area contributed by atoms with Crippen molar-refractivity contribution in [3.05, 3.63) is 75.9 Å². The van der Waals surface area contributed by atoms with Gasteiger partial charge in [-0.05, 0) is 108 Å². The predicted molar refractivity (Wildman–Crippen MR) is 272 cm³/mol. The van der Waals surface area contributed by atoms with Gasteiger partial charge in [0.15, 0.2) is 0 Å². The minimum Gasteiger partial charge on any atom is -0.444 e. The smallest absolute Gasteiger partial charge is 0.413 e. The molecule has 386 valence electrons. The third kappa shape index (κ3) is 17.9. The fraction of sp³-hybridized carbons (Fsp3) is 0.686. The van der Waals surface area contributed by atoms with Crippen LogP contribution in [-0.2, 0) is 52.9 Å². The Labute approximate surface area is 417 Å². The van der Waals surface area contributed by atoms with Crippen LogP contribution in [0.3, 0.4) is 0 Å². The normalized spacial score (nSPS) is 24.6. The molecule has 69 heavy (non-hydrogen) atoms. The lowest BCUT2D eigenvalue weighted by atomic mass is 9.96. The van der Waals surface area contributed by atoms with Crippen molar-refractivity contribution in [2.24, 2.45) is 0 Å². The number of aromatic nitrogens is 3. The van der Waals surface area contributed by atoms with E-state index in [2.05, 4.69) is 55.5 Å². The molecule has 9 heterocycles. The molecule has 0 bridgehead atoms. The first-order chi connectivity index (χ1) is 32.8. The maximum Gasteiger partial charge on any atom is 0.413 e. The maximum absolute atomic E-state index is 11.7. The number of carbonyl (C=O) groups excluding carboxylic acids is 1. The number of nitrogens with two attached hydrogens (primary N) is 1. The average molecular weight is 983 g/mol. The van der Waals surface area contributed by atoms with Crippen LogP contribution < -0.4 is 16.4 Å². The molecule has 18 heteroatoms. The summed E-state index contributed by atoms with van der Waals surface area (Å²) >= 11 is 0. The quantitative estimate of drug-likeness (QED) is 0.164. The number of aryl methyl sites for hydroxylation is 1. The largest absolute Gasteiger partial charge is 0.444 e. The van der Waals surface area contributed by atoms with Crippen molar-refractivity contribution in [3.8, 4) is 0 Å². The van der Waals surface area contributed by atoms with Crippen molar-refractivity contribution in [1.82, 2.24) is 30.1 Å². The molecule has 6 aliphatic heterocycles. The van der Waals surface area contributed by atoms with E-state index in [9.17, 15) is 9.90 Å². The molecule has 0 aromatic carbocycles. The van der Waals surface area contributed by atoms with Gasteiger partial charge in [-0.2, -0.15) is 13.5 Å². The van der Waals surface area contributed by atoms with Crippen molar-refractivity contribution in [2.75, 3.05) is 111 Å². The van der Waals surface area contributed by atoms with Gasteiger partial charge in [0.1, 0.15) is 17.2 Å². The Morgan fingerprint density at radius 3 is 1.67 bits per heavy atom. The van der Waals surface area contributed by atoms with E-state index in [4.69, 9.17) is 43.9 Å². The average Bonchev–Trinajstić information content (AvgIpc) is 4.18. The molecule has 1 amide bonds. The molecule has 6 saturated heterocycles. The molecule has 3 unspecified atom stereocenters. The summed E-state index contributed by atoms with van der Waals surface area (Å²) in [5.41, 5.74) is 13.0. The van der Waals surface area contributed by atoms with E-state index >= 15 is 0 Å². The molecule has 6 aliphatic rings. The first-order valence-electron chi connectivity index (χ1n) is 24.6. The third-order valence-electron chi connectivity index (χ3n) is 13.3. The van der Waals surface area contributed by atoms with E-state index in [1.165, 1.54) is 23.2 Å². The third-order valence-corrected chi connectivity index (χ3v) is 13.3. The van der Waals surface area contributed by atoms with Crippen LogP contribution in [0.25, 0.3) is 0 Å². The van der Waals surface area contributed by atoms with Gasteiger partial charge in [-0.15, -0.1) is 0 Å². The maximum atomic E-state index is 11.7. The highest BCUT2D eigenvalue weighted by Crippen LogP contribution is 2.31. The SMILES string of the molecule is CC(C)(C)OC(=O)Nc1ccc(C2CCOC2)c(CO)n1.CO[C@H]1CCN(Cc2nc(C)ccc2C2CCOC2)C1.CO[C@H]1CCN(Cc2nc(N)ccc2C2CCOC2)C1.CO[C@H]1CCNC1.S. The van der Waals surface area contributed by atoms with Crippen LogP contribution in [0.2, 0.25) is 0 Å². The Hall–Kier alpha value is -3.53. The summed E-state index contributed by atoms with van der Waals surface area (Å²) in [7, 11) is 5.35. The number of aliphatic hydroxyl groups is 1. The van der Waals surface area contributed by atoms with Gasteiger partial charge < -0.3 is 49.3 Å². The number of rotatable bonds is 12. The van der Waals surface area contributed by atoms with Crippen molar-refractivity contribution in [3.63, 3.8) is 0 Å². The summed E-state index contributed by atoms with van der Waals surface area (Å²) in [6, 6.07) is 12.0. The molecule has 0 aliphatic carbocycles. The van der Waals surface area contributed by atoms with Gasteiger partial charge in [-0.1, -0.05) is 18.2 Å². The minimum absolute atomic E-state index is 0. The summed E-state index contributed by atoms with van der Waals surface area (Å²) in [5, 5.41) is 15.3. The van der Waals surface area contributed by atoms with Crippen LogP contribution >= 0.6 is 13.5 Å². The van der Waals surface area contributed by atoms with Gasteiger partial charge in [0.25, 0.3) is 0 Å². The predicted octanol–water partition coefficient (Wildman–Crippen LogP) is 6.04. The summed E-state index contributed by atoms with van der Waals surface area (Å²) < 4.78 is 37.5. The second-order valence-corrected chi connectivity index (χ2v) is 19.6. The van der Waals surface area contributed by atoms with Crippen LogP contribution in [0.1, 0.15) is 117 Å². The molecule has 5 N–H and O–H groups in total. The molecule has 0 saturated carbocycles. The summed E-state index contributed by atoms with van der Waals surface area (Å²) in [6.45, 7) is 20.2. The zero-order valence-corrected chi connectivity index (χ0v) is 43.3. The number of nitrogens with zero attached hydrogens (tertiary/aromatic N) is 5. The van der Waals surface area contributed by atoms with Crippen LogP contribution in [0, 0.1) is 6.92 Å². The number of methoxy groups -OCH3 is 3. The molecule has 3 aromatic heterocycles. The number of pyridine rings is 3. The van der Waals surface area contributed by atoms with Crippen molar-refractivity contribution in [1.29, 1.82) is 0 Å². The molecule has 0 radical (unpaired) electrons. The fourth-order valence-electron chi connectivity index (χ4n) is 9.49. The molecular formula is C51H82N8O9S. The number of hydrogen-bond donors (Lipinski definition) is 4. The zero-order chi connectivity index (χ0) is 48.5. The summed E-state index contributed by atoms with van der Waals surface area (Å²) in [5.74, 6) is 2.23. The lowest BCUT2D eigenvalue weighted by Crippen LogP contribution is -2.27. The second-order valence-electron chi connectivity index (χ2n) is 19.6. The van der Waals surface area contributed by atoms with Gasteiger partial charge in [-0.25, -0.2) is 14.8 Å². The minimum atomic E-state index is -0.564. The molecular weight excluding hydrogens is 901 g/mol. The number of anilines is 2. The number of nitrogen functional groups attached to an aromatic ring is 1. The lowest BCUT2D eigenvalue weighted by Gasteiger charge is -2.20. The number of ether oxygens (including phenoxy) is 7. The Kier molecular flexibility index (Phi) is 23.3. The summed E-state index contributed by atoms with van der Waals surface area (Å²) in [6.07, 6.45) is 7.20. The van der Waals surface area contributed by atoms with E-state index < -0.39 is 11.7 Å². The van der Waals surface area contributed by atoms with Crippen molar-refractivity contribution < 1.29 is 43.1 Å². The van der Waals surface area contributed by atoms with Crippen LogP contribution in [0.15, 0.2) is 36.4 Å². The number of amides is 1. The van der Waals surface area contributed by atoms with Gasteiger partial charge in [0.05, 0.1) is 61.8 Å². The number of carbonyl (C=O) groups is 1. The highest BCUT2D eigenvalue weighted by atomic mass is 32.1. The molecule has 17 nitrogen and oxygen atoms in total. The van der Waals surface area contributed by atoms with Crippen LogP contribution in [-0.4, -0.2) is 160 Å². The Bertz CT molecular complexity index is 1900. The van der Waals surface area contributed by atoms with Gasteiger partial charge in [-0.3, -0.25) is 20.1 Å². The number of likely N-dealkylation sites (tertiary alicyclic amines) is 2. The molecule has 6 atom stereocenters. The standard InChI is InChI=1S/C16H24N2O2.C15H23N3O2.C15H22N2O4.C5H11NO.H2S/c1-12-3-4-15(13-6-8-20-11-13)16(17-12)10-18-7-5-14(9-18)19-2;1-19-12-4-6-18(8-12)9-14-13(2-3-15(16)17-14)11-5-7-20-10-11;1-15(2,3)21-14(19)17-13-5-4-11(12(8-18)16-13)10-6-7-20-9-10;1-7-5-2-3-6-4-5;/h3-4,13-14H,5-11H2,1-2H3;2-3,11-12H,4-10H2,1H3,(H2,16,17);4-5,10,18H,6-9H2,1-3H3,(H,16,17,19);5-6H,2-4H2,1H3;1H2/t13?,14-;11?,12-;;5-;/m00.0./s1. The number of nitrogens with one attached hydrogen (secondary N) is 2. The second kappa shape index (κ2) is 28.5. The van der Waals surface area contributed by atoms with Crippen LogP contribution in [0.5, 0.6) is 0 Å². The number of hydrogen-bond acceptors (Lipinski definition) is 16. The van der Waals surface area contributed by atoms with Crippen molar-refractivity contribution in [2.45, 2.75) is 128 Å².